The Balaban J connectivity index is 1.74. The highest BCUT2D eigenvalue weighted by Crippen LogP contribution is 2.22. The van der Waals surface area contributed by atoms with Gasteiger partial charge < -0.3 is 9.15 Å². The minimum absolute atomic E-state index is 0.718. The molecule has 0 atom stereocenters. The molecular formula is C14H17N3O2. The molecule has 0 N–H and O–H groups in total. The van der Waals surface area contributed by atoms with E-state index in [1.165, 1.54) is 5.56 Å². The molecule has 19 heavy (non-hydrogen) atoms. The minimum atomic E-state index is 0.718. The lowest BCUT2D eigenvalue weighted by molar-refractivity contribution is 0.277. The topological polar surface area (TPSA) is 51.4 Å². The van der Waals surface area contributed by atoms with Crippen molar-refractivity contribution in [2.75, 3.05) is 20.2 Å². The van der Waals surface area contributed by atoms with Gasteiger partial charge in [-0.1, -0.05) is 0 Å². The Kier molecular flexibility index (Phi) is 3.46. The minimum Gasteiger partial charge on any atom is -0.481 e. The van der Waals surface area contributed by atoms with Crippen molar-refractivity contribution in [3.63, 3.8) is 0 Å². The molecule has 1 aliphatic heterocycles. The SMILES string of the molecule is COc1ncnc2c1CCN(Cc1ccoc1)CC2. The summed E-state index contributed by atoms with van der Waals surface area (Å²) in [6, 6.07) is 2.01. The van der Waals surface area contributed by atoms with Crippen molar-refractivity contribution in [1.82, 2.24) is 14.9 Å². The maximum Gasteiger partial charge on any atom is 0.219 e. The maximum absolute atomic E-state index is 5.32. The van der Waals surface area contributed by atoms with Crippen molar-refractivity contribution >= 4 is 0 Å². The van der Waals surface area contributed by atoms with Crippen LogP contribution in [0.5, 0.6) is 5.88 Å². The lowest BCUT2D eigenvalue weighted by Crippen LogP contribution is -2.25. The van der Waals surface area contributed by atoms with Gasteiger partial charge in [-0.2, -0.15) is 0 Å². The van der Waals surface area contributed by atoms with E-state index in [4.69, 9.17) is 9.15 Å². The summed E-state index contributed by atoms with van der Waals surface area (Å²) in [6.45, 7) is 2.90. The summed E-state index contributed by atoms with van der Waals surface area (Å²) in [4.78, 5) is 11.0. The summed E-state index contributed by atoms with van der Waals surface area (Å²) >= 11 is 0. The predicted octanol–water partition coefficient (Wildman–Crippen LogP) is 1.68. The third kappa shape index (κ3) is 2.61. The van der Waals surface area contributed by atoms with Crippen LogP contribution in [0.3, 0.4) is 0 Å². The molecule has 2 aromatic heterocycles. The van der Waals surface area contributed by atoms with E-state index in [0.717, 1.165) is 49.6 Å². The average molecular weight is 259 g/mol. The zero-order valence-electron chi connectivity index (χ0n) is 11.0. The zero-order chi connectivity index (χ0) is 13.1. The second kappa shape index (κ2) is 5.40. The van der Waals surface area contributed by atoms with Crippen LogP contribution in [0.1, 0.15) is 16.8 Å². The standard InChI is InChI=1S/C14H17N3O2/c1-18-14-12-2-5-17(8-11-4-7-19-9-11)6-3-13(12)15-10-16-14/h4,7,9-10H,2-3,5-6,8H2,1H3. The fourth-order valence-corrected chi connectivity index (χ4v) is 2.52. The molecule has 0 amide bonds. The molecule has 100 valence electrons. The van der Waals surface area contributed by atoms with Gasteiger partial charge in [0.25, 0.3) is 0 Å². The van der Waals surface area contributed by atoms with Gasteiger partial charge in [-0.25, -0.2) is 9.97 Å². The number of hydrogen-bond donors (Lipinski definition) is 0. The van der Waals surface area contributed by atoms with E-state index in [9.17, 15) is 0 Å². The Morgan fingerprint density at radius 1 is 1.32 bits per heavy atom. The molecule has 0 spiro atoms. The predicted molar refractivity (Wildman–Crippen MR) is 70.0 cm³/mol. The third-order valence-electron chi connectivity index (χ3n) is 3.52. The Labute approximate surface area is 112 Å². The van der Waals surface area contributed by atoms with E-state index in [1.54, 1.807) is 26.0 Å². The molecule has 0 fully saturated rings. The number of fused-ring (bicyclic) bond motifs is 1. The van der Waals surface area contributed by atoms with E-state index in [0.29, 0.717) is 0 Å². The Hall–Kier alpha value is -1.88. The van der Waals surface area contributed by atoms with Crippen LogP contribution in [0.2, 0.25) is 0 Å². The van der Waals surface area contributed by atoms with Crippen molar-refractivity contribution in [2.24, 2.45) is 0 Å². The van der Waals surface area contributed by atoms with Crippen LogP contribution in [0, 0.1) is 0 Å². The van der Waals surface area contributed by atoms with Crippen molar-refractivity contribution in [3.8, 4) is 5.88 Å². The van der Waals surface area contributed by atoms with Gasteiger partial charge in [0.1, 0.15) is 6.33 Å². The van der Waals surface area contributed by atoms with Crippen LogP contribution in [0.15, 0.2) is 29.3 Å². The molecule has 5 nitrogen and oxygen atoms in total. The number of aromatic nitrogens is 2. The van der Waals surface area contributed by atoms with Gasteiger partial charge in [0.2, 0.25) is 5.88 Å². The van der Waals surface area contributed by atoms with Crippen molar-refractivity contribution in [3.05, 3.63) is 41.7 Å². The molecule has 3 rings (SSSR count). The highest BCUT2D eigenvalue weighted by molar-refractivity contribution is 5.31. The van der Waals surface area contributed by atoms with Crippen molar-refractivity contribution < 1.29 is 9.15 Å². The van der Waals surface area contributed by atoms with Gasteiger partial charge in [-0.15, -0.1) is 0 Å². The lowest BCUT2D eigenvalue weighted by Gasteiger charge is -2.18. The van der Waals surface area contributed by atoms with E-state index in [1.807, 2.05) is 6.07 Å². The molecular weight excluding hydrogens is 242 g/mol. The van der Waals surface area contributed by atoms with Gasteiger partial charge in [0.05, 0.1) is 25.3 Å². The summed E-state index contributed by atoms with van der Waals surface area (Å²) in [5.74, 6) is 0.718. The fraction of sp³-hybridized carbons (Fsp3) is 0.429. The second-order valence-electron chi connectivity index (χ2n) is 4.72. The fourth-order valence-electron chi connectivity index (χ4n) is 2.52. The molecule has 0 aromatic carbocycles. The van der Waals surface area contributed by atoms with Crippen molar-refractivity contribution in [1.29, 1.82) is 0 Å². The monoisotopic (exact) mass is 259 g/mol. The maximum atomic E-state index is 5.32. The van der Waals surface area contributed by atoms with Gasteiger partial charge in [-0.05, 0) is 12.5 Å². The summed E-state index contributed by atoms with van der Waals surface area (Å²) in [7, 11) is 1.66. The zero-order valence-corrected chi connectivity index (χ0v) is 11.0. The Morgan fingerprint density at radius 2 is 2.21 bits per heavy atom. The largest absolute Gasteiger partial charge is 0.481 e. The van der Waals surface area contributed by atoms with Crippen LogP contribution in [-0.2, 0) is 19.4 Å². The molecule has 0 saturated carbocycles. The first kappa shape index (κ1) is 12.2. The first-order valence-electron chi connectivity index (χ1n) is 6.47. The molecule has 0 aliphatic carbocycles. The summed E-state index contributed by atoms with van der Waals surface area (Å²) < 4.78 is 10.4. The number of ether oxygens (including phenoxy) is 1. The first-order chi connectivity index (χ1) is 9.36. The molecule has 0 saturated heterocycles. The van der Waals surface area contributed by atoms with Crippen LogP contribution < -0.4 is 4.74 Å². The first-order valence-corrected chi connectivity index (χ1v) is 6.47. The summed E-state index contributed by atoms with van der Waals surface area (Å²) in [6.07, 6.45) is 6.97. The third-order valence-corrected chi connectivity index (χ3v) is 3.52. The van der Waals surface area contributed by atoms with E-state index in [2.05, 4.69) is 14.9 Å². The summed E-state index contributed by atoms with van der Waals surface area (Å²) in [5.41, 5.74) is 3.48. The number of methoxy groups -OCH3 is 1. The number of hydrogen-bond acceptors (Lipinski definition) is 5. The normalized spacial score (nSPS) is 15.8. The lowest BCUT2D eigenvalue weighted by atomic mass is 10.1. The smallest absolute Gasteiger partial charge is 0.219 e. The molecule has 2 aromatic rings. The second-order valence-corrected chi connectivity index (χ2v) is 4.72. The van der Waals surface area contributed by atoms with Gasteiger partial charge >= 0.3 is 0 Å². The Morgan fingerprint density at radius 3 is 3.00 bits per heavy atom. The molecule has 0 radical (unpaired) electrons. The van der Waals surface area contributed by atoms with Crippen LogP contribution in [-0.4, -0.2) is 35.1 Å². The highest BCUT2D eigenvalue weighted by atomic mass is 16.5. The quantitative estimate of drug-likeness (QED) is 0.839. The van der Waals surface area contributed by atoms with Crippen molar-refractivity contribution in [2.45, 2.75) is 19.4 Å². The van der Waals surface area contributed by atoms with Gasteiger partial charge in [0.15, 0.2) is 0 Å². The summed E-state index contributed by atoms with van der Waals surface area (Å²) in [5, 5.41) is 0. The van der Waals surface area contributed by atoms with Crippen LogP contribution in [0.25, 0.3) is 0 Å². The van der Waals surface area contributed by atoms with E-state index < -0.39 is 0 Å². The molecule has 1 aliphatic rings. The number of rotatable bonds is 3. The highest BCUT2D eigenvalue weighted by Gasteiger charge is 2.19. The number of nitrogens with zero attached hydrogens (tertiary/aromatic N) is 3. The average Bonchev–Trinajstić information content (AvgIpc) is 2.86. The van der Waals surface area contributed by atoms with E-state index in [-0.39, 0.29) is 0 Å². The molecule has 0 unspecified atom stereocenters. The van der Waals surface area contributed by atoms with Gasteiger partial charge in [0, 0.05) is 37.2 Å². The molecule has 5 heteroatoms. The molecule has 3 heterocycles. The molecule has 0 bridgehead atoms. The van der Waals surface area contributed by atoms with Crippen LogP contribution in [0.4, 0.5) is 0 Å². The number of furan rings is 1. The van der Waals surface area contributed by atoms with E-state index >= 15 is 0 Å². The van der Waals surface area contributed by atoms with Gasteiger partial charge in [-0.3, -0.25) is 4.90 Å². The Bertz CT molecular complexity index is 540. The van der Waals surface area contributed by atoms with Crippen LogP contribution >= 0.6 is 0 Å².